The van der Waals surface area contributed by atoms with E-state index in [0.717, 1.165) is 16.0 Å². The van der Waals surface area contributed by atoms with Crippen molar-refractivity contribution in [2.75, 3.05) is 0 Å². The van der Waals surface area contributed by atoms with Crippen LogP contribution in [0.2, 0.25) is 5.15 Å². The second-order valence-corrected chi connectivity index (χ2v) is 7.88. The lowest BCUT2D eigenvalue weighted by Crippen LogP contribution is -2.68. The quantitative estimate of drug-likeness (QED) is 0.441. The molecule has 0 spiro atoms. The van der Waals surface area contributed by atoms with E-state index in [-0.39, 0.29) is 11.6 Å². The number of likely N-dealkylation sites (tertiary alicyclic amines) is 1. The van der Waals surface area contributed by atoms with Gasteiger partial charge in [-0.15, -0.1) is 0 Å². The van der Waals surface area contributed by atoms with Crippen LogP contribution in [0.25, 0.3) is 0 Å². The van der Waals surface area contributed by atoms with Crippen molar-refractivity contribution in [2.45, 2.75) is 18.5 Å². The number of amides is 3. The van der Waals surface area contributed by atoms with Gasteiger partial charge in [-0.05, 0) is 35.2 Å². The van der Waals surface area contributed by atoms with E-state index in [4.69, 9.17) is 11.6 Å². The number of halogens is 1. The largest absolute Gasteiger partial charge is 0.480 e. The van der Waals surface area contributed by atoms with Gasteiger partial charge in [-0.1, -0.05) is 72.3 Å². The second kappa shape index (κ2) is 9.20. The Hall–Kier alpha value is -3.71. The van der Waals surface area contributed by atoms with Crippen molar-refractivity contribution < 1.29 is 19.5 Å². The fourth-order valence-electron chi connectivity index (χ4n) is 3.92. The highest BCUT2D eigenvalue weighted by Gasteiger charge is 2.54. The van der Waals surface area contributed by atoms with Crippen molar-refractivity contribution in [3.05, 3.63) is 101 Å². The van der Waals surface area contributed by atoms with Crippen molar-refractivity contribution >= 4 is 29.5 Å². The molecule has 0 unspecified atom stereocenters. The van der Waals surface area contributed by atoms with E-state index in [0.29, 0.717) is 5.56 Å². The van der Waals surface area contributed by atoms with Crippen LogP contribution < -0.4 is 5.32 Å². The number of carboxylic acid groups (broad SMARTS) is 1. The molecule has 1 aliphatic heterocycles. The Morgan fingerprint density at radius 1 is 1.03 bits per heavy atom. The number of β-lactam (4-membered cyclic amide) rings is 1. The average molecular weight is 450 g/mol. The summed E-state index contributed by atoms with van der Waals surface area (Å²) < 4.78 is 0. The lowest BCUT2D eigenvalue weighted by Gasteiger charge is -2.43. The number of carbonyl (C=O) groups is 3. The number of aliphatic carboxylic acids is 1. The van der Waals surface area contributed by atoms with Gasteiger partial charge in [-0.3, -0.25) is 4.79 Å². The number of nitrogens with zero attached hydrogens (tertiary/aromatic N) is 2. The third kappa shape index (κ3) is 4.33. The number of hydrogen-bond donors (Lipinski definition) is 2. The third-order valence-electron chi connectivity index (χ3n) is 5.47. The fraction of sp³-hybridized carbons (Fsp3) is 0.167. The Labute approximate surface area is 189 Å². The maximum Gasteiger partial charge on any atom is 0.327 e. The summed E-state index contributed by atoms with van der Waals surface area (Å²) in [5, 5.41) is 12.8. The topological polar surface area (TPSA) is 99.6 Å². The molecule has 3 aromatic rings. The Balaban J connectivity index is 1.56. The first kappa shape index (κ1) is 21.5. The number of carbonyl (C=O) groups excluding carboxylic acids is 2. The standard InChI is InChI=1S/C24H20ClN3O4/c25-19-14-15(11-12-26-19)13-18-21(23(30)31)28(22(18)29)24(32)27-20(16-7-3-1-4-8-16)17-9-5-2-6-10-17/h1-12,14,18,20-21H,13H2,(H,27,32)(H,30,31)/t18-,21+/m1/s1. The van der Waals surface area contributed by atoms with E-state index in [1.54, 1.807) is 12.1 Å². The smallest absolute Gasteiger partial charge is 0.327 e. The van der Waals surface area contributed by atoms with Gasteiger partial charge in [0, 0.05) is 6.20 Å². The highest BCUT2D eigenvalue weighted by atomic mass is 35.5. The molecule has 1 aromatic heterocycles. The van der Waals surface area contributed by atoms with Crippen LogP contribution in [-0.2, 0) is 16.0 Å². The zero-order valence-corrected chi connectivity index (χ0v) is 17.6. The Morgan fingerprint density at radius 2 is 1.62 bits per heavy atom. The van der Waals surface area contributed by atoms with Gasteiger partial charge >= 0.3 is 12.0 Å². The van der Waals surface area contributed by atoms with E-state index in [9.17, 15) is 19.5 Å². The zero-order valence-electron chi connectivity index (χ0n) is 16.9. The number of rotatable bonds is 6. The fourth-order valence-corrected chi connectivity index (χ4v) is 4.12. The molecule has 0 saturated carbocycles. The molecule has 4 rings (SSSR count). The molecule has 3 amide bonds. The molecule has 7 nitrogen and oxygen atoms in total. The monoisotopic (exact) mass is 449 g/mol. The van der Waals surface area contributed by atoms with E-state index in [1.165, 1.54) is 6.20 Å². The van der Waals surface area contributed by atoms with E-state index in [1.807, 2.05) is 60.7 Å². The van der Waals surface area contributed by atoms with Crippen LogP contribution >= 0.6 is 11.6 Å². The van der Waals surface area contributed by atoms with Crippen LogP contribution in [0.4, 0.5) is 4.79 Å². The number of imide groups is 1. The number of pyridine rings is 1. The SMILES string of the molecule is O=C(O)[C@@H]1[C@@H](Cc2ccnc(Cl)c2)C(=O)N1C(=O)NC(c1ccccc1)c1ccccc1. The summed E-state index contributed by atoms with van der Waals surface area (Å²) in [5.74, 6) is -2.63. The van der Waals surface area contributed by atoms with Crippen LogP contribution in [0.3, 0.4) is 0 Å². The van der Waals surface area contributed by atoms with Crippen LogP contribution in [0.1, 0.15) is 22.7 Å². The van der Waals surface area contributed by atoms with E-state index in [2.05, 4.69) is 10.3 Å². The minimum atomic E-state index is -1.26. The average Bonchev–Trinajstić information content (AvgIpc) is 2.80. The summed E-state index contributed by atoms with van der Waals surface area (Å²) in [6.07, 6.45) is 1.65. The van der Waals surface area contributed by atoms with Gasteiger partial charge in [0.2, 0.25) is 5.91 Å². The summed E-state index contributed by atoms with van der Waals surface area (Å²) in [6.45, 7) is 0. The van der Waals surface area contributed by atoms with E-state index < -0.39 is 35.9 Å². The van der Waals surface area contributed by atoms with Gasteiger partial charge in [-0.2, -0.15) is 0 Å². The molecule has 2 heterocycles. The van der Waals surface area contributed by atoms with Gasteiger partial charge in [0.05, 0.1) is 12.0 Å². The molecule has 2 atom stereocenters. The lowest BCUT2D eigenvalue weighted by atomic mass is 9.82. The predicted molar refractivity (Wildman–Crippen MR) is 118 cm³/mol. The summed E-state index contributed by atoms with van der Waals surface area (Å²) in [7, 11) is 0. The Kier molecular flexibility index (Phi) is 6.18. The van der Waals surface area contributed by atoms with E-state index >= 15 is 0 Å². The van der Waals surface area contributed by atoms with Gasteiger partial charge in [0.15, 0.2) is 6.04 Å². The number of urea groups is 1. The Morgan fingerprint density at radius 3 is 2.16 bits per heavy atom. The number of nitrogens with one attached hydrogen (secondary N) is 1. The van der Waals surface area contributed by atoms with Gasteiger partial charge in [0.25, 0.3) is 0 Å². The molecule has 2 N–H and O–H groups in total. The van der Waals surface area contributed by atoms with Crippen molar-refractivity contribution in [3.63, 3.8) is 0 Å². The van der Waals surface area contributed by atoms with Crippen molar-refractivity contribution in [1.82, 2.24) is 15.2 Å². The van der Waals surface area contributed by atoms with Crippen LogP contribution in [0, 0.1) is 5.92 Å². The molecule has 0 radical (unpaired) electrons. The molecule has 1 aliphatic rings. The first-order valence-electron chi connectivity index (χ1n) is 10.0. The number of aromatic nitrogens is 1. The third-order valence-corrected chi connectivity index (χ3v) is 5.67. The normalized spacial score (nSPS) is 17.7. The minimum absolute atomic E-state index is 0.155. The van der Waals surface area contributed by atoms with Crippen molar-refractivity contribution in [3.8, 4) is 0 Å². The van der Waals surface area contributed by atoms with Crippen LogP contribution in [-0.4, -0.2) is 38.9 Å². The molecular formula is C24H20ClN3O4. The zero-order chi connectivity index (χ0) is 22.7. The second-order valence-electron chi connectivity index (χ2n) is 7.49. The molecule has 2 aromatic carbocycles. The minimum Gasteiger partial charge on any atom is -0.480 e. The first-order chi connectivity index (χ1) is 15.5. The first-order valence-corrected chi connectivity index (χ1v) is 10.4. The van der Waals surface area contributed by atoms with Crippen molar-refractivity contribution in [2.24, 2.45) is 5.92 Å². The number of benzene rings is 2. The maximum absolute atomic E-state index is 13.1. The summed E-state index contributed by atoms with van der Waals surface area (Å²) in [4.78, 5) is 42.5. The summed E-state index contributed by atoms with van der Waals surface area (Å²) >= 11 is 5.89. The highest BCUT2D eigenvalue weighted by Crippen LogP contribution is 2.32. The molecule has 1 fully saturated rings. The molecule has 162 valence electrons. The van der Waals surface area contributed by atoms with Crippen LogP contribution in [0.15, 0.2) is 79.0 Å². The molecule has 1 saturated heterocycles. The molecule has 0 bridgehead atoms. The maximum atomic E-state index is 13.1. The number of carboxylic acids is 1. The van der Waals surface area contributed by atoms with Gasteiger partial charge < -0.3 is 10.4 Å². The summed E-state index contributed by atoms with van der Waals surface area (Å²) in [6, 6.07) is 19.3. The molecule has 0 aliphatic carbocycles. The van der Waals surface area contributed by atoms with Crippen molar-refractivity contribution in [1.29, 1.82) is 0 Å². The highest BCUT2D eigenvalue weighted by molar-refractivity contribution is 6.29. The van der Waals surface area contributed by atoms with Gasteiger partial charge in [-0.25, -0.2) is 19.5 Å². The number of hydrogen-bond acceptors (Lipinski definition) is 4. The molecular weight excluding hydrogens is 430 g/mol. The Bertz CT molecular complexity index is 1100. The van der Waals surface area contributed by atoms with Crippen LogP contribution in [0.5, 0.6) is 0 Å². The molecule has 32 heavy (non-hydrogen) atoms. The summed E-state index contributed by atoms with van der Waals surface area (Å²) in [5.41, 5.74) is 2.31. The van der Waals surface area contributed by atoms with Gasteiger partial charge in [0.1, 0.15) is 5.15 Å². The lowest BCUT2D eigenvalue weighted by molar-refractivity contribution is -0.165. The predicted octanol–water partition coefficient (Wildman–Crippen LogP) is 3.69. The molecule has 8 heteroatoms.